The molecule has 3 rings (SSSR count). The molecule has 0 unspecified atom stereocenters. The van der Waals surface area contributed by atoms with Gasteiger partial charge in [0.2, 0.25) is 0 Å². The summed E-state index contributed by atoms with van der Waals surface area (Å²) in [5.74, 6) is -1.16. The molecule has 0 amide bonds. The van der Waals surface area contributed by atoms with Gasteiger partial charge in [-0.2, -0.15) is 0 Å². The average molecular weight is 219 g/mol. The summed E-state index contributed by atoms with van der Waals surface area (Å²) < 4.78 is 13.4. The van der Waals surface area contributed by atoms with E-state index in [-0.39, 0.29) is 5.82 Å². The zero-order valence-corrected chi connectivity index (χ0v) is 8.46. The number of benzene rings is 1. The first kappa shape index (κ1) is 9.39. The van der Waals surface area contributed by atoms with Gasteiger partial charge in [0.15, 0.2) is 0 Å². The van der Waals surface area contributed by atoms with E-state index in [1.165, 1.54) is 6.07 Å². The van der Waals surface area contributed by atoms with Crippen LogP contribution in [0.1, 0.15) is 18.4 Å². The molecule has 0 spiro atoms. The van der Waals surface area contributed by atoms with Crippen LogP contribution in [0.25, 0.3) is 10.9 Å². The average Bonchev–Trinajstić information content (AvgIpc) is 2.94. The number of hydrogen-bond donors (Lipinski definition) is 2. The second-order valence-electron chi connectivity index (χ2n) is 4.25. The predicted molar refractivity (Wildman–Crippen MR) is 56.8 cm³/mol. The largest absolute Gasteiger partial charge is 0.481 e. The number of para-hydroxylation sites is 1. The van der Waals surface area contributed by atoms with Crippen molar-refractivity contribution >= 4 is 16.9 Å². The van der Waals surface area contributed by atoms with Gasteiger partial charge in [-0.05, 0) is 24.5 Å². The van der Waals surface area contributed by atoms with E-state index in [2.05, 4.69) is 4.98 Å². The summed E-state index contributed by atoms with van der Waals surface area (Å²) in [6.45, 7) is 0. The van der Waals surface area contributed by atoms with E-state index in [4.69, 9.17) is 0 Å². The van der Waals surface area contributed by atoms with E-state index in [0.717, 1.165) is 0 Å². The highest BCUT2D eigenvalue weighted by atomic mass is 19.1. The van der Waals surface area contributed by atoms with Crippen LogP contribution >= 0.6 is 0 Å². The van der Waals surface area contributed by atoms with Gasteiger partial charge in [0.1, 0.15) is 5.82 Å². The number of carboxylic acids is 1. The Hall–Kier alpha value is -1.84. The molecule has 1 saturated carbocycles. The first-order valence-corrected chi connectivity index (χ1v) is 5.15. The van der Waals surface area contributed by atoms with Gasteiger partial charge in [-0.3, -0.25) is 4.79 Å². The number of aliphatic carboxylic acids is 1. The third-order valence-corrected chi connectivity index (χ3v) is 3.34. The summed E-state index contributed by atoms with van der Waals surface area (Å²) in [5.41, 5.74) is 0.311. The Morgan fingerprint density at radius 2 is 2.19 bits per heavy atom. The van der Waals surface area contributed by atoms with Gasteiger partial charge in [0.05, 0.1) is 10.9 Å². The Morgan fingerprint density at radius 3 is 2.81 bits per heavy atom. The second kappa shape index (κ2) is 2.84. The van der Waals surface area contributed by atoms with E-state index >= 15 is 0 Å². The molecule has 0 radical (unpaired) electrons. The quantitative estimate of drug-likeness (QED) is 0.814. The second-order valence-corrected chi connectivity index (χ2v) is 4.25. The van der Waals surface area contributed by atoms with Gasteiger partial charge < -0.3 is 10.1 Å². The molecule has 0 atom stereocenters. The van der Waals surface area contributed by atoms with Crippen molar-refractivity contribution in [2.45, 2.75) is 18.3 Å². The summed E-state index contributed by atoms with van der Waals surface area (Å²) in [6.07, 6.45) is 2.88. The van der Waals surface area contributed by atoms with Crippen molar-refractivity contribution in [2.75, 3.05) is 0 Å². The molecule has 16 heavy (non-hydrogen) atoms. The summed E-state index contributed by atoms with van der Waals surface area (Å²) >= 11 is 0. The van der Waals surface area contributed by atoms with Crippen molar-refractivity contribution in [1.82, 2.24) is 4.98 Å². The molecule has 1 aliphatic carbocycles. The highest BCUT2D eigenvalue weighted by Crippen LogP contribution is 2.50. The van der Waals surface area contributed by atoms with Crippen molar-refractivity contribution in [3.63, 3.8) is 0 Å². The summed E-state index contributed by atoms with van der Waals surface area (Å²) in [5, 5.41) is 9.88. The molecule has 1 aromatic carbocycles. The van der Waals surface area contributed by atoms with Gasteiger partial charge in [0.25, 0.3) is 0 Å². The number of halogens is 1. The molecule has 2 N–H and O–H groups in total. The lowest BCUT2D eigenvalue weighted by Crippen LogP contribution is -2.18. The third kappa shape index (κ3) is 1.04. The minimum absolute atomic E-state index is 0.343. The number of carboxylic acid groups (broad SMARTS) is 1. The monoisotopic (exact) mass is 219 g/mol. The Labute approximate surface area is 90.9 Å². The van der Waals surface area contributed by atoms with Crippen LogP contribution in [0, 0.1) is 5.82 Å². The number of aromatic amines is 1. The predicted octanol–water partition coefficient (Wildman–Crippen LogP) is 2.42. The van der Waals surface area contributed by atoms with Gasteiger partial charge in [-0.15, -0.1) is 0 Å². The van der Waals surface area contributed by atoms with Crippen LogP contribution in [0.4, 0.5) is 4.39 Å². The van der Waals surface area contributed by atoms with E-state index in [0.29, 0.717) is 29.3 Å². The molecular weight excluding hydrogens is 209 g/mol. The molecule has 1 fully saturated rings. The zero-order chi connectivity index (χ0) is 11.3. The Bertz CT molecular complexity index is 584. The number of nitrogens with one attached hydrogen (secondary N) is 1. The molecule has 2 aromatic rings. The van der Waals surface area contributed by atoms with Crippen LogP contribution in [0.3, 0.4) is 0 Å². The van der Waals surface area contributed by atoms with E-state index < -0.39 is 11.4 Å². The maximum absolute atomic E-state index is 13.4. The molecule has 1 aromatic heterocycles. The van der Waals surface area contributed by atoms with Crippen molar-refractivity contribution in [1.29, 1.82) is 0 Å². The van der Waals surface area contributed by atoms with Crippen LogP contribution in [0.2, 0.25) is 0 Å². The molecule has 1 aliphatic rings. The number of carbonyl (C=O) groups is 1. The molecule has 0 saturated heterocycles. The van der Waals surface area contributed by atoms with Gasteiger partial charge in [-0.25, -0.2) is 4.39 Å². The topological polar surface area (TPSA) is 53.1 Å². The maximum Gasteiger partial charge on any atom is 0.314 e. The fraction of sp³-hybridized carbons (Fsp3) is 0.250. The van der Waals surface area contributed by atoms with Gasteiger partial charge in [-0.1, -0.05) is 12.1 Å². The standard InChI is InChI=1S/C12H10FNO2/c13-9-3-1-2-7-8(6-14-10(7)9)12(4-5-12)11(15)16/h1-3,6,14H,4-5H2,(H,15,16). The Kier molecular flexibility index (Phi) is 1.67. The molecule has 4 heteroatoms. The fourth-order valence-corrected chi connectivity index (χ4v) is 2.24. The molecule has 3 nitrogen and oxygen atoms in total. The van der Waals surface area contributed by atoms with Crippen LogP contribution in [-0.2, 0) is 10.2 Å². The number of rotatable bonds is 2. The summed E-state index contributed by atoms with van der Waals surface area (Å²) in [6, 6.07) is 4.73. The minimum Gasteiger partial charge on any atom is -0.481 e. The van der Waals surface area contributed by atoms with Crippen molar-refractivity contribution < 1.29 is 14.3 Å². The van der Waals surface area contributed by atoms with Gasteiger partial charge in [0, 0.05) is 11.6 Å². The van der Waals surface area contributed by atoms with Crippen LogP contribution in [0.15, 0.2) is 24.4 Å². The number of fused-ring (bicyclic) bond motifs is 1. The van der Waals surface area contributed by atoms with E-state index in [1.54, 1.807) is 18.3 Å². The number of H-pyrrole nitrogens is 1. The lowest BCUT2D eigenvalue weighted by atomic mass is 9.96. The highest BCUT2D eigenvalue weighted by molar-refractivity contribution is 5.94. The van der Waals surface area contributed by atoms with Crippen LogP contribution in [-0.4, -0.2) is 16.1 Å². The van der Waals surface area contributed by atoms with E-state index in [9.17, 15) is 14.3 Å². The third-order valence-electron chi connectivity index (χ3n) is 3.34. The Morgan fingerprint density at radius 1 is 1.44 bits per heavy atom. The molecule has 0 bridgehead atoms. The summed E-state index contributed by atoms with van der Waals surface area (Å²) in [7, 11) is 0. The molecular formula is C12H10FNO2. The van der Waals surface area contributed by atoms with Gasteiger partial charge >= 0.3 is 5.97 Å². The molecule has 82 valence electrons. The smallest absolute Gasteiger partial charge is 0.314 e. The Balaban J connectivity index is 2.26. The normalized spacial score (nSPS) is 17.6. The SMILES string of the molecule is O=C(O)C1(c2c[nH]c3c(F)cccc23)CC1. The van der Waals surface area contributed by atoms with Crippen molar-refractivity contribution in [3.05, 3.63) is 35.8 Å². The fourth-order valence-electron chi connectivity index (χ4n) is 2.24. The van der Waals surface area contributed by atoms with Crippen molar-refractivity contribution in [3.8, 4) is 0 Å². The highest BCUT2D eigenvalue weighted by Gasteiger charge is 2.53. The van der Waals surface area contributed by atoms with Crippen LogP contribution < -0.4 is 0 Å². The molecule has 1 heterocycles. The summed E-state index contributed by atoms with van der Waals surface area (Å²) in [4.78, 5) is 14.0. The number of aromatic nitrogens is 1. The lowest BCUT2D eigenvalue weighted by molar-refractivity contribution is -0.140. The lowest BCUT2D eigenvalue weighted by Gasteiger charge is -2.07. The molecule has 0 aliphatic heterocycles. The minimum atomic E-state index is -0.822. The number of hydrogen-bond acceptors (Lipinski definition) is 1. The zero-order valence-electron chi connectivity index (χ0n) is 8.46. The van der Waals surface area contributed by atoms with Crippen LogP contribution in [0.5, 0.6) is 0 Å². The van der Waals surface area contributed by atoms with E-state index in [1.807, 2.05) is 0 Å². The van der Waals surface area contributed by atoms with Crippen molar-refractivity contribution in [2.24, 2.45) is 0 Å². The first-order valence-electron chi connectivity index (χ1n) is 5.15. The first-order chi connectivity index (χ1) is 7.65. The maximum atomic E-state index is 13.4.